The maximum atomic E-state index is 12.5. The lowest BCUT2D eigenvalue weighted by atomic mass is 10.3. The predicted octanol–water partition coefficient (Wildman–Crippen LogP) is 3.05. The number of fused-ring (bicyclic) bond motifs is 1. The molecule has 0 fully saturated rings. The second-order valence-corrected chi connectivity index (χ2v) is 4.00. The van der Waals surface area contributed by atoms with Gasteiger partial charge in [-0.3, -0.25) is 9.48 Å². The Kier molecular flexibility index (Phi) is 4.39. The van der Waals surface area contributed by atoms with Crippen LogP contribution in [-0.4, -0.2) is 22.4 Å². The zero-order valence-electron chi connectivity index (χ0n) is 10.4. The molecule has 0 bridgehead atoms. The summed E-state index contributed by atoms with van der Waals surface area (Å²) in [6.45, 7) is -0.585. The summed E-state index contributed by atoms with van der Waals surface area (Å²) >= 11 is 0. The molecule has 2 rings (SSSR count). The molecule has 0 saturated carbocycles. The minimum atomic E-state index is -2.39. The zero-order chi connectivity index (χ0) is 14.5. The van der Waals surface area contributed by atoms with Gasteiger partial charge in [-0.2, -0.15) is 13.9 Å². The SMILES string of the molecule is O=C(Cn1ncc2ccccc21)OCCC(F)=C(F)F. The van der Waals surface area contributed by atoms with Gasteiger partial charge in [-0.05, 0) is 6.07 Å². The van der Waals surface area contributed by atoms with Crippen LogP contribution in [0.4, 0.5) is 13.2 Å². The Morgan fingerprint density at radius 2 is 2.00 bits per heavy atom. The summed E-state index contributed by atoms with van der Waals surface area (Å²) in [7, 11) is 0. The van der Waals surface area contributed by atoms with E-state index in [1.165, 1.54) is 4.68 Å². The van der Waals surface area contributed by atoms with Gasteiger partial charge in [0.2, 0.25) is 0 Å². The first-order valence-electron chi connectivity index (χ1n) is 5.84. The van der Waals surface area contributed by atoms with E-state index in [1.807, 2.05) is 12.1 Å². The van der Waals surface area contributed by atoms with Crippen LogP contribution in [0, 0.1) is 0 Å². The maximum Gasteiger partial charge on any atom is 0.327 e. The number of aromatic nitrogens is 2. The monoisotopic (exact) mass is 284 g/mol. The first-order valence-corrected chi connectivity index (χ1v) is 5.84. The van der Waals surface area contributed by atoms with Crippen LogP contribution in [-0.2, 0) is 16.1 Å². The number of rotatable bonds is 5. The molecular formula is C13H11F3N2O2. The summed E-state index contributed by atoms with van der Waals surface area (Å²) in [5.74, 6) is -2.23. The number of halogens is 3. The molecular weight excluding hydrogens is 273 g/mol. The van der Waals surface area contributed by atoms with Gasteiger partial charge in [-0.25, -0.2) is 4.39 Å². The van der Waals surface area contributed by atoms with E-state index < -0.39 is 30.9 Å². The van der Waals surface area contributed by atoms with Gasteiger partial charge < -0.3 is 4.74 Å². The van der Waals surface area contributed by atoms with Gasteiger partial charge in [0.15, 0.2) is 5.83 Å². The van der Waals surface area contributed by atoms with Crippen LogP contribution in [0.15, 0.2) is 42.4 Å². The highest BCUT2D eigenvalue weighted by molar-refractivity contribution is 5.80. The number of esters is 1. The number of para-hydroxylation sites is 1. The van der Waals surface area contributed by atoms with Crippen LogP contribution < -0.4 is 0 Å². The smallest absolute Gasteiger partial charge is 0.327 e. The van der Waals surface area contributed by atoms with Crippen molar-refractivity contribution in [3.05, 3.63) is 42.4 Å². The molecule has 4 nitrogen and oxygen atoms in total. The van der Waals surface area contributed by atoms with Crippen molar-refractivity contribution in [1.29, 1.82) is 0 Å². The minimum Gasteiger partial charge on any atom is -0.464 e. The van der Waals surface area contributed by atoms with Gasteiger partial charge in [0.25, 0.3) is 0 Å². The number of hydrogen-bond donors (Lipinski definition) is 0. The van der Waals surface area contributed by atoms with E-state index in [1.54, 1.807) is 18.3 Å². The number of carbonyl (C=O) groups is 1. The molecule has 1 aromatic carbocycles. The molecule has 0 aliphatic rings. The summed E-state index contributed by atoms with van der Waals surface area (Å²) in [6, 6.07) is 7.27. The van der Waals surface area contributed by atoms with Gasteiger partial charge >= 0.3 is 12.0 Å². The van der Waals surface area contributed by atoms with Gasteiger partial charge in [-0.1, -0.05) is 18.2 Å². The van der Waals surface area contributed by atoms with Crippen LogP contribution in [0.1, 0.15) is 6.42 Å². The van der Waals surface area contributed by atoms with Crippen molar-refractivity contribution < 1.29 is 22.7 Å². The quantitative estimate of drug-likeness (QED) is 0.793. The second kappa shape index (κ2) is 6.23. The molecule has 106 valence electrons. The molecule has 1 aromatic heterocycles. The molecule has 0 unspecified atom stereocenters. The molecule has 7 heteroatoms. The number of ether oxygens (including phenoxy) is 1. The van der Waals surface area contributed by atoms with Crippen LogP contribution in [0.5, 0.6) is 0 Å². The summed E-state index contributed by atoms with van der Waals surface area (Å²) in [4.78, 5) is 11.5. The highest BCUT2D eigenvalue weighted by Crippen LogP contribution is 2.14. The number of hydrogen-bond acceptors (Lipinski definition) is 3. The van der Waals surface area contributed by atoms with Gasteiger partial charge in [0.1, 0.15) is 6.54 Å². The molecule has 1 heterocycles. The van der Waals surface area contributed by atoms with Crippen molar-refractivity contribution in [2.24, 2.45) is 0 Å². The Bertz CT molecular complexity index is 648. The van der Waals surface area contributed by atoms with Gasteiger partial charge in [-0.15, -0.1) is 0 Å². The molecule has 0 radical (unpaired) electrons. The lowest BCUT2D eigenvalue weighted by Crippen LogP contribution is -2.15. The van der Waals surface area contributed by atoms with Gasteiger partial charge in [0.05, 0.1) is 18.3 Å². The molecule has 0 atom stereocenters. The van der Waals surface area contributed by atoms with Crippen LogP contribution in [0.3, 0.4) is 0 Å². The average Bonchev–Trinajstić information content (AvgIpc) is 2.82. The van der Waals surface area contributed by atoms with Crippen LogP contribution >= 0.6 is 0 Å². The fourth-order valence-electron chi connectivity index (χ4n) is 1.67. The Morgan fingerprint density at radius 1 is 1.25 bits per heavy atom. The van der Waals surface area contributed by atoms with Gasteiger partial charge in [0, 0.05) is 11.8 Å². The Morgan fingerprint density at radius 3 is 2.75 bits per heavy atom. The standard InChI is InChI=1S/C13H11F3N2O2/c14-10(13(15)16)5-6-20-12(19)8-18-11-4-2-1-3-9(11)7-17-18/h1-4,7H,5-6,8H2. The maximum absolute atomic E-state index is 12.5. The van der Waals surface area contributed by atoms with Crippen molar-refractivity contribution in [2.45, 2.75) is 13.0 Å². The molecule has 0 amide bonds. The highest BCUT2D eigenvalue weighted by Gasteiger charge is 2.10. The van der Waals surface area contributed by atoms with Crippen LogP contribution in [0.2, 0.25) is 0 Å². The molecule has 20 heavy (non-hydrogen) atoms. The Hall–Kier alpha value is -2.31. The first-order chi connectivity index (χ1) is 9.58. The summed E-state index contributed by atoms with van der Waals surface area (Å²) in [5, 5.41) is 4.89. The lowest BCUT2D eigenvalue weighted by Gasteiger charge is -2.05. The fourth-order valence-corrected chi connectivity index (χ4v) is 1.67. The summed E-state index contributed by atoms with van der Waals surface area (Å²) < 4.78 is 42.2. The topological polar surface area (TPSA) is 44.1 Å². The molecule has 0 spiro atoms. The first kappa shape index (κ1) is 14.1. The van der Waals surface area contributed by atoms with E-state index in [2.05, 4.69) is 9.84 Å². The normalized spacial score (nSPS) is 10.6. The summed E-state index contributed by atoms with van der Waals surface area (Å²) in [6.07, 6.45) is -1.42. The van der Waals surface area contributed by atoms with Crippen molar-refractivity contribution in [1.82, 2.24) is 9.78 Å². The minimum absolute atomic E-state index is 0.156. The fraction of sp³-hybridized carbons (Fsp3) is 0.231. The Labute approximate surface area is 112 Å². The lowest BCUT2D eigenvalue weighted by molar-refractivity contribution is -0.144. The molecule has 0 saturated heterocycles. The van der Waals surface area contributed by atoms with E-state index in [4.69, 9.17) is 0 Å². The third-order valence-corrected chi connectivity index (χ3v) is 2.62. The average molecular weight is 284 g/mol. The molecule has 0 aliphatic heterocycles. The van der Waals surface area contributed by atoms with E-state index in [9.17, 15) is 18.0 Å². The Balaban J connectivity index is 1.90. The van der Waals surface area contributed by atoms with E-state index in [-0.39, 0.29) is 6.54 Å². The largest absolute Gasteiger partial charge is 0.464 e. The molecule has 0 N–H and O–H groups in total. The number of carbonyl (C=O) groups excluding carboxylic acids is 1. The van der Waals surface area contributed by atoms with E-state index in [0.29, 0.717) is 0 Å². The number of benzene rings is 1. The zero-order valence-corrected chi connectivity index (χ0v) is 10.4. The molecule has 2 aromatic rings. The third kappa shape index (κ3) is 3.37. The predicted molar refractivity (Wildman–Crippen MR) is 65.7 cm³/mol. The van der Waals surface area contributed by atoms with Crippen molar-refractivity contribution >= 4 is 16.9 Å². The molecule has 0 aliphatic carbocycles. The van der Waals surface area contributed by atoms with Crippen molar-refractivity contribution in [3.8, 4) is 0 Å². The second-order valence-electron chi connectivity index (χ2n) is 4.00. The van der Waals surface area contributed by atoms with Crippen molar-refractivity contribution in [2.75, 3.05) is 6.61 Å². The van der Waals surface area contributed by atoms with Crippen molar-refractivity contribution in [3.63, 3.8) is 0 Å². The highest BCUT2D eigenvalue weighted by atomic mass is 19.3. The van der Waals surface area contributed by atoms with E-state index in [0.717, 1.165) is 10.9 Å². The van der Waals surface area contributed by atoms with Crippen LogP contribution in [0.25, 0.3) is 10.9 Å². The third-order valence-electron chi connectivity index (χ3n) is 2.62. The van der Waals surface area contributed by atoms with E-state index >= 15 is 0 Å². The number of nitrogens with zero attached hydrogens (tertiary/aromatic N) is 2. The summed E-state index contributed by atoms with van der Waals surface area (Å²) in [5.41, 5.74) is 0.755.